The van der Waals surface area contributed by atoms with Crippen LogP contribution in [0, 0.1) is 5.41 Å². The number of sulfonamides is 1. The van der Waals surface area contributed by atoms with E-state index in [0.29, 0.717) is 0 Å². The molecule has 7 nitrogen and oxygen atoms in total. The third-order valence-corrected chi connectivity index (χ3v) is 5.64. The van der Waals surface area contributed by atoms with Gasteiger partial charge in [0, 0.05) is 32.0 Å². The number of nitrogens with zero attached hydrogens (tertiary/aromatic N) is 1. The first kappa shape index (κ1) is 20.9. The normalized spacial score (nSPS) is 18.2. The molecule has 24 heavy (non-hydrogen) atoms. The highest BCUT2D eigenvalue weighted by Gasteiger charge is 2.40. The summed E-state index contributed by atoms with van der Waals surface area (Å²) >= 11 is 0. The van der Waals surface area contributed by atoms with Crippen LogP contribution < -0.4 is 5.32 Å². The first-order chi connectivity index (χ1) is 10.9. The van der Waals surface area contributed by atoms with E-state index in [9.17, 15) is 18.0 Å². The standard InChI is InChI=1S/C16H30N2O5S/c1-12(19)23-14(15(20)17-13-9-7-6-8-10-13)16(2,3)11-18(4)24(5,21)22/h13-14H,6-11H2,1-5H3,(H,17,20). The molecule has 0 aromatic rings. The molecule has 1 atom stereocenters. The second-order valence-electron chi connectivity index (χ2n) is 7.34. The highest BCUT2D eigenvalue weighted by Crippen LogP contribution is 2.27. The lowest BCUT2D eigenvalue weighted by molar-refractivity contribution is -0.162. The van der Waals surface area contributed by atoms with Crippen LogP contribution in [0.1, 0.15) is 52.9 Å². The van der Waals surface area contributed by atoms with Gasteiger partial charge in [0.15, 0.2) is 6.10 Å². The van der Waals surface area contributed by atoms with Crippen LogP contribution in [0.4, 0.5) is 0 Å². The molecular weight excluding hydrogens is 332 g/mol. The molecule has 140 valence electrons. The summed E-state index contributed by atoms with van der Waals surface area (Å²) in [6.07, 6.45) is 5.22. The van der Waals surface area contributed by atoms with Crippen molar-refractivity contribution < 1.29 is 22.7 Å². The third-order valence-electron chi connectivity index (χ3n) is 4.38. The van der Waals surface area contributed by atoms with E-state index < -0.39 is 27.5 Å². The lowest BCUT2D eigenvalue weighted by atomic mass is 9.85. The molecular formula is C16H30N2O5S. The van der Waals surface area contributed by atoms with Crippen LogP contribution >= 0.6 is 0 Å². The van der Waals surface area contributed by atoms with E-state index in [-0.39, 0.29) is 18.5 Å². The smallest absolute Gasteiger partial charge is 0.303 e. The van der Waals surface area contributed by atoms with Gasteiger partial charge in [-0.15, -0.1) is 0 Å². The molecule has 0 radical (unpaired) electrons. The van der Waals surface area contributed by atoms with Crippen LogP contribution in [0.3, 0.4) is 0 Å². The number of esters is 1. The maximum absolute atomic E-state index is 12.7. The molecule has 1 rings (SSSR count). The molecule has 0 aliphatic heterocycles. The number of carbonyl (C=O) groups excluding carboxylic acids is 2. The number of amides is 1. The summed E-state index contributed by atoms with van der Waals surface area (Å²) in [5.74, 6) is -0.919. The predicted molar refractivity (Wildman–Crippen MR) is 91.8 cm³/mol. The summed E-state index contributed by atoms with van der Waals surface area (Å²) < 4.78 is 29.7. The largest absolute Gasteiger partial charge is 0.452 e. The second-order valence-corrected chi connectivity index (χ2v) is 9.43. The Labute approximate surface area is 145 Å². The van der Waals surface area contributed by atoms with E-state index in [4.69, 9.17) is 4.74 Å². The summed E-state index contributed by atoms with van der Waals surface area (Å²) in [4.78, 5) is 24.1. The average Bonchev–Trinajstić information content (AvgIpc) is 2.44. The Hall–Kier alpha value is -1.15. The van der Waals surface area contributed by atoms with Crippen molar-refractivity contribution in [1.82, 2.24) is 9.62 Å². The Kier molecular flexibility index (Phi) is 7.22. The van der Waals surface area contributed by atoms with E-state index in [1.807, 2.05) is 0 Å². The van der Waals surface area contributed by atoms with Crippen molar-refractivity contribution in [3.63, 3.8) is 0 Å². The molecule has 1 N–H and O–H groups in total. The summed E-state index contributed by atoms with van der Waals surface area (Å²) in [7, 11) is -1.94. The van der Waals surface area contributed by atoms with Crippen molar-refractivity contribution in [2.24, 2.45) is 5.41 Å². The molecule has 0 aromatic carbocycles. The number of ether oxygens (including phenoxy) is 1. The summed E-state index contributed by atoms with van der Waals surface area (Å²) in [5.41, 5.74) is -0.859. The molecule has 1 aliphatic rings. The van der Waals surface area contributed by atoms with Gasteiger partial charge in [-0.1, -0.05) is 33.1 Å². The Balaban J connectivity index is 2.88. The first-order valence-electron chi connectivity index (χ1n) is 8.32. The van der Waals surface area contributed by atoms with Crippen molar-refractivity contribution in [3.05, 3.63) is 0 Å². The van der Waals surface area contributed by atoms with Crippen LogP contribution in [0.2, 0.25) is 0 Å². The van der Waals surface area contributed by atoms with Crippen LogP contribution in [0.25, 0.3) is 0 Å². The molecule has 0 saturated heterocycles. The fraction of sp³-hybridized carbons (Fsp3) is 0.875. The Morgan fingerprint density at radius 2 is 1.79 bits per heavy atom. The van der Waals surface area contributed by atoms with Crippen molar-refractivity contribution in [2.75, 3.05) is 19.8 Å². The van der Waals surface area contributed by atoms with Crippen molar-refractivity contribution in [2.45, 2.75) is 65.0 Å². The van der Waals surface area contributed by atoms with E-state index in [1.54, 1.807) is 13.8 Å². The minimum absolute atomic E-state index is 0.0713. The molecule has 1 unspecified atom stereocenters. The highest BCUT2D eigenvalue weighted by molar-refractivity contribution is 7.88. The SMILES string of the molecule is CC(=O)OC(C(=O)NC1CCCCC1)C(C)(C)CN(C)S(C)(=O)=O. The predicted octanol–water partition coefficient (Wildman–Crippen LogP) is 1.28. The minimum Gasteiger partial charge on any atom is -0.452 e. The van der Waals surface area contributed by atoms with Crippen LogP contribution in [0.15, 0.2) is 0 Å². The molecule has 8 heteroatoms. The van der Waals surface area contributed by atoms with Crippen molar-refractivity contribution >= 4 is 21.9 Å². The molecule has 1 amide bonds. The maximum Gasteiger partial charge on any atom is 0.303 e. The van der Waals surface area contributed by atoms with Gasteiger partial charge < -0.3 is 10.1 Å². The molecule has 0 heterocycles. The van der Waals surface area contributed by atoms with E-state index in [1.165, 1.54) is 20.4 Å². The number of carbonyl (C=O) groups is 2. The molecule has 1 fully saturated rings. The van der Waals surface area contributed by atoms with E-state index in [2.05, 4.69) is 5.32 Å². The van der Waals surface area contributed by atoms with E-state index >= 15 is 0 Å². The van der Waals surface area contributed by atoms with Gasteiger partial charge in [0.25, 0.3) is 5.91 Å². The zero-order chi connectivity index (χ0) is 18.5. The highest BCUT2D eigenvalue weighted by atomic mass is 32.2. The Morgan fingerprint density at radius 3 is 2.25 bits per heavy atom. The van der Waals surface area contributed by atoms with Crippen LogP contribution in [0.5, 0.6) is 0 Å². The second kappa shape index (κ2) is 8.29. The Bertz CT molecular complexity index is 553. The van der Waals surface area contributed by atoms with Gasteiger partial charge >= 0.3 is 5.97 Å². The van der Waals surface area contributed by atoms with Gasteiger partial charge in [0.1, 0.15) is 0 Å². The molecule has 0 spiro atoms. The number of rotatable bonds is 7. The summed E-state index contributed by atoms with van der Waals surface area (Å²) in [5, 5.41) is 2.96. The maximum atomic E-state index is 12.7. The summed E-state index contributed by atoms with van der Waals surface area (Å²) in [6.45, 7) is 4.77. The van der Waals surface area contributed by atoms with Gasteiger partial charge in [-0.05, 0) is 12.8 Å². The van der Waals surface area contributed by atoms with Crippen molar-refractivity contribution in [1.29, 1.82) is 0 Å². The molecule has 1 saturated carbocycles. The van der Waals surface area contributed by atoms with Gasteiger partial charge in [-0.25, -0.2) is 12.7 Å². The van der Waals surface area contributed by atoms with Gasteiger partial charge in [0.05, 0.1) is 6.26 Å². The fourth-order valence-corrected chi connectivity index (χ4v) is 3.60. The van der Waals surface area contributed by atoms with Gasteiger partial charge in [0.2, 0.25) is 10.0 Å². The lowest BCUT2D eigenvalue weighted by Crippen LogP contribution is -2.53. The molecule has 0 bridgehead atoms. The molecule has 0 aromatic heterocycles. The zero-order valence-electron chi connectivity index (χ0n) is 15.3. The lowest BCUT2D eigenvalue weighted by Gasteiger charge is -2.36. The zero-order valence-corrected chi connectivity index (χ0v) is 16.1. The average molecular weight is 362 g/mol. The topological polar surface area (TPSA) is 92.8 Å². The summed E-state index contributed by atoms with van der Waals surface area (Å²) in [6, 6.07) is 0.0905. The van der Waals surface area contributed by atoms with Crippen LogP contribution in [-0.2, 0) is 24.3 Å². The fourth-order valence-electron chi connectivity index (χ4n) is 3.03. The first-order valence-corrected chi connectivity index (χ1v) is 10.2. The number of nitrogens with one attached hydrogen (secondary N) is 1. The monoisotopic (exact) mass is 362 g/mol. The van der Waals surface area contributed by atoms with E-state index in [0.717, 1.165) is 36.2 Å². The number of hydrogen-bond donors (Lipinski definition) is 1. The van der Waals surface area contributed by atoms with Crippen LogP contribution in [-0.4, -0.2) is 56.6 Å². The minimum atomic E-state index is -3.39. The third kappa shape index (κ3) is 6.39. The quantitative estimate of drug-likeness (QED) is 0.689. The Morgan fingerprint density at radius 1 is 1.25 bits per heavy atom. The number of hydrogen-bond acceptors (Lipinski definition) is 5. The van der Waals surface area contributed by atoms with Gasteiger partial charge in [-0.3, -0.25) is 9.59 Å². The van der Waals surface area contributed by atoms with Crippen molar-refractivity contribution in [3.8, 4) is 0 Å². The van der Waals surface area contributed by atoms with Gasteiger partial charge in [-0.2, -0.15) is 0 Å². The molecule has 1 aliphatic carbocycles.